The zero-order valence-corrected chi connectivity index (χ0v) is 9.78. The zero-order valence-electron chi connectivity index (χ0n) is 9.03. The highest BCUT2D eigenvalue weighted by molar-refractivity contribution is 6.34. The maximum absolute atomic E-state index is 12.0. The van der Waals surface area contributed by atoms with Crippen LogP contribution in [0.5, 0.6) is 0 Å². The molecule has 0 unspecified atom stereocenters. The predicted octanol–water partition coefficient (Wildman–Crippen LogP) is 2.46. The number of carbonyl (C=O) groups excluding carboxylic acids is 1. The van der Waals surface area contributed by atoms with Gasteiger partial charge in [0, 0.05) is 13.5 Å². The van der Waals surface area contributed by atoms with Crippen LogP contribution in [0.4, 0.5) is 0 Å². The van der Waals surface area contributed by atoms with E-state index in [9.17, 15) is 4.79 Å². The van der Waals surface area contributed by atoms with Crippen LogP contribution in [0, 0.1) is 0 Å². The Kier molecular flexibility index (Phi) is 2.83. The summed E-state index contributed by atoms with van der Waals surface area (Å²) in [4.78, 5) is 12.0. The van der Waals surface area contributed by atoms with E-state index in [1.807, 2.05) is 6.92 Å². The molecule has 0 atom stereocenters. The average Bonchev–Trinajstić information content (AvgIpc) is 2.85. The molecular formula is C11H11ClN2O2. The zero-order chi connectivity index (χ0) is 11.7. The Morgan fingerprint density at radius 2 is 2.31 bits per heavy atom. The summed E-state index contributed by atoms with van der Waals surface area (Å²) in [6.45, 7) is 1.96. The predicted molar refractivity (Wildman–Crippen MR) is 59.7 cm³/mol. The van der Waals surface area contributed by atoms with Crippen LogP contribution >= 0.6 is 11.6 Å². The summed E-state index contributed by atoms with van der Waals surface area (Å²) < 4.78 is 6.82. The Balaban J connectivity index is 2.39. The van der Waals surface area contributed by atoms with E-state index >= 15 is 0 Å². The molecule has 0 radical (unpaired) electrons. The first-order valence-corrected chi connectivity index (χ1v) is 5.32. The number of ketones is 1. The fourth-order valence-corrected chi connectivity index (χ4v) is 1.72. The second-order valence-electron chi connectivity index (χ2n) is 3.41. The van der Waals surface area contributed by atoms with Crippen LogP contribution in [-0.2, 0) is 13.5 Å². The lowest BCUT2D eigenvalue weighted by Crippen LogP contribution is -2.07. The van der Waals surface area contributed by atoms with E-state index in [1.165, 1.54) is 10.9 Å². The molecule has 0 amide bonds. The Bertz CT molecular complexity index is 508. The van der Waals surface area contributed by atoms with Crippen LogP contribution in [-0.4, -0.2) is 15.6 Å². The van der Waals surface area contributed by atoms with Crippen molar-refractivity contribution < 1.29 is 9.21 Å². The van der Waals surface area contributed by atoms with Crippen molar-refractivity contribution in [3.63, 3.8) is 0 Å². The number of nitrogens with zero attached hydrogens (tertiary/aromatic N) is 2. The summed E-state index contributed by atoms with van der Waals surface area (Å²) in [6.07, 6.45) is 2.20. The fraction of sp³-hybridized carbons (Fsp3) is 0.273. The first-order valence-electron chi connectivity index (χ1n) is 4.94. The van der Waals surface area contributed by atoms with E-state index in [0.717, 1.165) is 12.2 Å². The second-order valence-corrected chi connectivity index (χ2v) is 3.82. The van der Waals surface area contributed by atoms with Gasteiger partial charge in [0.2, 0.25) is 5.78 Å². The third kappa shape index (κ3) is 1.76. The molecule has 0 saturated carbocycles. The van der Waals surface area contributed by atoms with Crippen LogP contribution in [0.15, 0.2) is 22.7 Å². The van der Waals surface area contributed by atoms with Gasteiger partial charge in [-0.1, -0.05) is 18.5 Å². The van der Waals surface area contributed by atoms with Gasteiger partial charge >= 0.3 is 0 Å². The van der Waals surface area contributed by atoms with E-state index in [4.69, 9.17) is 16.0 Å². The van der Waals surface area contributed by atoms with E-state index in [1.54, 1.807) is 19.2 Å². The quantitative estimate of drug-likeness (QED) is 0.772. The minimum absolute atomic E-state index is 0.246. The summed E-state index contributed by atoms with van der Waals surface area (Å²) in [5.41, 5.74) is 0.346. The molecule has 0 aliphatic carbocycles. The highest BCUT2D eigenvalue weighted by Gasteiger charge is 2.20. The van der Waals surface area contributed by atoms with Gasteiger partial charge in [0.1, 0.15) is 11.5 Å². The molecular weight excluding hydrogens is 228 g/mol. The number of furan rings is 1. The fourth-order valence-electron chi connectivity index (χ4n) is 1.47. The molecule has 16 heavy (non-hydrogen) atoms. The van der Waals surface area contributed by atoms with E-state index < -0.39 is 0 Å². The van der Waals surface area contributed by atoms with Gasteiger partial charge in [-0.05, 0) is 12.1 Å². The number of hydrogen-bond acceptors (Lipinski definition) is 3. The van der Waals surface area contributed by atoms with Gasteiger partial charge in [0.25, 0.3) is 0 Å². The minimum Gasteiger partial charge on any atom is -0.458 e. The molecule has 0 aromatic carbocycles. The third-order valence-electron chi connectivity index (χ3n) is 2.34. The summed E-state index contributed by atoms with van der Waals surface area (Å²) in [5.74, 6) is 0.827. The molecule has 0 fully saturated rings. The smallest absolute Gasteiger partial charge is 0.247 e. The Morgan fingerprint density at radius 3 is 2.81 bits per heavy atom. The first kappa shape index (κ1) is 11.0. The number of halogens is 1. The van der Waals surface area contributed by atoms with Crippen molar-refractivity contribution >= 4 is 17.4 Å². The first-order chi connectivity index (χ1) is 7.63. The van der Waals surface area contributed by atoms with Gasteiger partial charge in [-0.3, -0.25) is 9.48 Å². The largest absolute Gasteiger partial charge is 0.458 e. The van der Waals surface area contributed by atoms with Crippen molar-refractivity contribution in [1.29, 1.82) is 0 Å². The highest BCUT2D eigenvalue weighted by atomic mass is 35.5. The minimum atomic E-state index is -0.246. The van der Waals surface area contributed by atoms with Gasteiger partial charge in [-0.25, -0.2) is 0 Å². The summed E-state index contributed by atoms with van der Waals surface area (Å²) in [5, 5.41) is 4.25. The molecule has 4 nitrogen and oxygen atoms in total. The SMILES string of the molecule is CCc1ccc(C(=O)c2c(Cl)cnn2C)o1. The van der Waals surface area contributed by atoms with Crippen molar-refractivity contribution in [3.05, 3.63) is 40.6 Å². The van der Waals surface area contributed by atoms with Crippen LogP contribution in [0.1, 0.15) is 28.9 Å². The van der Waals surface area contributed by atoms with Gasteiger partial charge in [0.05, 0.1) is 11.2 Å². The van der Waals surface area contributed by atoms with Crippen LogP contribution in [0.25, 0.3) is 0 Å². The van der Waals surface area contributed by atoms with Gasteiger partial charge in [-0.15, -0.1) is 0 Å². The molecule has 0 aliphatic heterocycles. The van der Waals surface area contributed by atoms with Crippen LogP contribution < -0.4 is 0 Å². The van der Waals surface area contributed by atoms with Crippen LogP contribution in [0.3, 0.4) is 0 Å². The number of carbonyl (C=O) groups is 1. The topological polar surface area (TPSA) is 48.0 Å². The molecule has 2 aromatic rings. The van der Waals surface area contributed by atoms with Crippen molar-refractivity contribution in [3.8, 4) is 0 Å². The number of hydrogen-bond donors (Lipinski definition) is 0. The summed E-state index contributed by atoms with van der Waals surface area (Å²) in [6, 6.07) is 3.45. The monoisotopic (exact) mass is 238 g/mol. The molecule has 0 N–H and O–H groups in total. The number of rotatable bonds is 3. The molecule has 0 spiro atoms. The molecule has 2 aromatic heterocycles. The van der Waals surface area contributed by atoms with Gasteiger partial charge in [0.15, 0.2) is 5.76 Å². The molecule has 2 rings (SSSR count). The standard InChI is InChI=1S/C11H11ClN2O2/c1-3-7-4-5-9(16-7)11(15)10-8(12)6-13-14(10)2/h4-6H,3H2,1-2H3. The third-order valence-corrected chi connectivity index (χ3v) is 2.62. The molecule has 0 bridgehead atoms. The van der Waals surface area contributed by atoms with E-state index in [2.05, 4.69) is 5.10 Å². The summed E-state index contributed by atoms with van der Waals surface area (Å²) in [7, 11) is 1.67. The Labute approximate surface area is 97.8 Å². The lowest BCUT2D eigenvalue weighted by molar-refractivity contribution is 0.0999. The Morgan fingerprint density at radius 1 is 1.56 bits per heavy atom. The molecule has 0 saturated heterocycles. The molecule has 2 heterocycles. The maximum atomic E-state index is 12.0. The van der Waals surface area contributed by atoms with Crippen LogP contribution in [0.2, 0.25) is 5.02 Å². The number of aryl methyl sites for hydroxylation is 2. The molecule has 0 aliphatic rings. The van der Waals surface area contributed by atoms with E-state index in [0.29, 0.717) is 16.5 Å². The van der Waals surface area contributed by atoms with Crippen molar-refractivity contribution in [1.82, 2.24) is 9.78 Å². The summed E-state index contributed by atoms with van der Waals surface area (Å²) >= 11 is 5.88. The molecule has 5 heteroatoms. The Hall–Kier alpha value is -1.55. The molecule has 84 valence electrons. The average molecular weight is 239 g/mol. The lowest BCUT2D eigenvalue weighted by Gasteiger charge is -1.99. The van der Waals surface area contributed by atoms with Gasteiger partial charge < -0.3 is 4.42 Å². The number of aromatic nitrogens is 2. The normalized spacial score (nSPS) is 10.7. The van der Waals surface area contributed by atoms with Crippen molar-refractivity contribution in [2.24, 2.45) is 7.05 Å². The van der Waals surface area contributed by atoms with Gasteiger partial charge in [-0.2, -0.15) is 5.10 Å². The van der Waals surface area contributed by atoms with E-state index in [-0.39, 0.29) is 5.78 Å². The lowest BCUT2D eigenvalue weighted by atomic mass is 10.2. The highest BCUT2D eigenvalue weighted by Crippen LogP contribution is 2.19. The second kappa shape index (κ2) is 4.14. The maximum Gasteiger partial charge on any atom is 0.247 e. The van der Waals surface area contributed by atoms with Crippen molar-refractivity contribution in [2.75, 3.05) is 0 Å². The van der Waals surface area contributed by atoms with Crippen molar-refractivity contribution in [2.45, 2.75) is 13.3 Å².